The third-order valence-electron chi connectivity index (χ3n) is 10.5. The lowest BCUT2D eigenvalue weighted by Crippen LogP contribution is -2.00. The molecule has 11 rings (SSSR count). The van der Waals surface area contributed by atoms with Gasteiger partial charge in [-0.1, -0.05) is 152 Å². The Morgan fingerprint density at radius 2 is 0.857 bits per heavy atom. The highest BCUT2D eigenvalue weighted by atomic mass is 32.1. The first kappa shape index (κ1) is 32.2. The molecule has 0 spiro atoms. The molecule has 3 heterocycles. The normalized spacial score (nSPS) is 11.6. The summed E-state index contributed by atoms with van der Waals surface area (Å²) in [5, 5.41) is 4.63. The monoisotopic (exact) mass is 733 g/mol. The Hall–Kier alpha value is -7.21. The number of furan rings is 1. The van der Waals surface area contributed by atoms with Gasteiger partial charge >= 0.3 is 0 Å². The van der Waals surface area contributed by atoms with Crippen LogP contribution >= 0.6 is 11.3 Å². The Kier molecular flexibility index (Phi) is 7.64. The largest absolute Gasteiger partial charge is 0.456 e. The van der Waals surface area contributed by atoms with Crippen molar-refractivity contribution >= 4 is 53.4 Å². The highest BCUT2D eigenvalue weighted by Crippen LogP contribution is 2.46. The number of rotatable bonds is 6. The lowest BCUT2D eigenvalue weighted by molar-refractivity contribution is 0.669. The summed E-state index contributed by atoms with van der Waals surface area (Å²) in [5.41, 5.74) is 11.2. The molecule has 8 aromatic carbocycles. The molecule has 0 aliphatic carbocycles. The molecule has 0 bridgehead atoms. The third kappa shape index (κ3) is 5.56. The molecule has 5 heteroatoms. The van der Waals surface area contributed by atoms with Crippen molar-refractivity contribution in [1.82, 2.24) is 15.0 Å². The standard InChI is InChI=1S/C51H31N3OS/c1-4-14-32(15-5-1)33-24-26-36(27-25-33)50-52-49(35-18-8-3-9-19-35)53-51(54-50)38-30-41(47-40-21-10-12-22-44(40)55-45(47)31-38)37-28-42(34-16-6-2-7-17-34)48-43(29-37)39-20-11-13-23-46(39)56-48/h1-31H. The van der Waals surface area contributed by atoms with Gasteiger partial charge in [0.05, 0.1) is 0 Å². The molecule has 0 atom stereocenters. The molecule has 0 unspecified atom stereocenters. The fourth-order valence-electron chi connectivity index (χ4n) is 7.82. The SMILES string of the molecule is c1ccc(-c2ccc(-c3nc(-c4ccccc4)nc(-c4cc(-c5cc(-c6ccccc6)c6sc7ccccc7c6c5)c5c(c4)oc4ccccc45)n3)cc2)cc1. The van der Waals surface area contributed by atoms with Crippen molar-refractivity contribution in [2.45, 2.75) is 0 Å². The molecule has 11 aromatic rings. The molecule has 4 nitrogen and oxygen atoms in total. The van der Waals surface area contributed by atoms with Gasteiger partial charge in [0.1, 0.15) is 11.2 Å². The van der Waals surface area contributed by atoms with Crippen molar-refractivity contribution in [2.75, 3.05) is 0 Å². The van der Waals surface area contributed by atoms with E-state index in [1.165, 1.54) is 31.3 Å². The predicted octanol–water partition coefficient (Wildman–Crippen LogP) is 14.1. The summed E-state index contributed by atoms with van der Waals surface area (Å²) in [7, 11) is 0. The quantitative estimate of drug-likeness (QED) is 0.171. The van der Waals surface area contributed by atoms with E-state index in [0.717, 1.165) is 60.9 Å². The molecule has 3 aromatic heterocycles. The average Bonchev–Trinajstić information content (AvgIpc) is 3.85. The molecule has 0 saturated carbocycles. The van der Waals surface area contributed by atoms with Crippen LogP contribution in [0.5, 0.6) is 0 Å². The van der Waals surface area contributed by atoms with Gasteiger partial charge in [0.15, 0.2) is 17.5 Å². The maximum Gasteiger partial charge on any atom is 0.164 e. The van der Waals surface area contributed by atoms with Gasteiger partial charge in [-0.15, -0.1) is 11.3 Å². The first-order chi connectivity index (χ1) is 27.7. The van der Waals surface area contributed by atoms with E-state index in [2.05, 4.69) is 140 Å². The van der Waals surface area contributed by atoms with E-state index >= 15 is 0 Å². The van der Waals surface area contributed by atoms with Gasteiger partial charge in [0.2, 0.25) is 0 Å². The summed E-state index contributed by atoms with van der Waals surface area (Å²) in [6.07, 6.45) is 0. The van der Waals surface area contributed by atoms with Gasteiger partial charge < -0.3 is 4.42 Å². The molecule has 0 saturated heterocycles. The van der Waals surface area contributed by atoms with Crippen LogP contribution in [0.1, 0.15) is 0 Å². The second-order valence-corrected chi connectivity index (χ2v) is 15.0. The number of para-hydroxylation sites is 1. The van der Waals surface area contributed by atoms with Gasteiger partial charge in [0, 0.05) is 53.2 Å². The molecular weight excluding hydrogens is 703 g/mol. The van der Waals surface area contributed by atoms with E-state index in [0.29, 0.717) is 17.5 Å². The third-order valence-corrected chi connectivity index (χ3v) is 11.7. The number of hydrogen-bond donors (Lipinski definition) is 0. The first-order valence-corrected chi connectivity index (χ1v) is 19.5. The zero-order valence-corrected chi connectivity index (χ0v) is 30.9. The van der Waals surface area contributed by atoms with Crippen LogP contribution < -0.4 is 0 Å². The summed E-state index contributed by atoms with van der Waals surface area (Å²) in [6, 6.07) is 65.7. The van der Waals surface area contributed by atoms with Crippen LogP contribution in [-0.4, -0.2) is 15.0 Å². The van der Waals surface area contributed by atoms with E-state index < -0.39 is 0 Å². The second kappa shape index (κ2) is 13.3. The Morgan fingerprint density at radius 3 is 1.57 bits per heavy atom. The molecular formula is C51H31N3OS. The molecule has 0 N–H and O–H groups in total. The summed E-state index contributed by atoms with van der Waals surface area (Å²) in [5.74, 6) is 1.80. The number of hydrogen-bond acceptors (Lipinski definition) is 5. The predicted molar refractivity (Wildman–Crippen MR) is 233 cm³/mol. The molecule has 0 fully saturated rings. The van der Waals surface area contributed by atoms with Gasteiger partial charge in [0.25, 0.3) is 0 Å². The zero-order valence-electron chi connectivity index (χ0n) is 30.1. The summed E-state index contributed by atoms with van der Waals surface area (Å²) in [4.78, 5) is 15.4. The van der Waals surface area contributed by atoms with Crippen LogP contribution in [0.25, 0.3) is 110 Å². The highest BCUT2D eigenvalue weighted by molar-refractivity contribution is 7.26. The lowest BCUT2D eigenvalue weighted by atomic mass is 9.92. The number of benzene rings is 8. The molecule has 0 aliphatic rings. The van der Waals surface area contributed by atoms with Gasteiger partial charge in [-0.3, -0.25) is 0 Å². The van der Waals surface area contributed by atoms with Crippen LogP contribution in [0.3, 0.4) is 0 Å². The van der Waals surface area contributed by atoms with Gasteiger partial charge in [-0.25, -0.2) is 15.0 Å². The zero-order chi connectivity index (χ0) is 37.0. The smallest absolute Gasteiger partial charge is 0.164 e. The maximum atomic E-state index is 6.65. The van der Waals surface area contributed by atoms with E-state index in [1.54, 1.807) is 0 Å². The van der Waals surface area contributed by atoms with Crippen molar-refractivity contribution in [3.05, 3.63) is 188 Å². The second-order valence-electron chi connectivity index (χ2n) is 14.0. The number of nitrogens with zero attached hydrogens (tertiary/aromatic N) is 3. The molecule has 262 valence electrons. The van der Waals surface area contributed by atoms with Crippen LogP contribution in [0.15, 0.2) is 192 Å². The van der Waals surface area contributed by atoms with Crippen LogP contribution in [-0.2, 0) is 0 Å². The van der Waals surface area contributed by atoms with E-state index in [-0.39, 0.29) is 0 Å². The van der Waals surface area contributed by atoms with E-state index in [1.807, 2.05) is 59.9 Å². The molecule has 0 aliphatic heterocycles. The van der Waals surface area contributed by atoms with Crippen LogP contribution in [0.4, 0.5) is 0 Å². The fourth-order valence-corrected chi connectivity index (χ4v) is 9.04. The molecule has 56 heavy (non-hydrogen) atoms. The number of fused-ring (bicyclic) bond motifs is 6. The maximum absolute atomic E-state index is 6.65. The van der Waals surface area contributed by atoms with Gasteiger partial charge in [-0.05, 0) is 64.2 Å². The van der Waals surface area contributed by atoms with Crippen molar-refractivity contribution < 1.29 is 4.42 Å². The summed E-state index contributed by atoms with van der Waals surface area (Å²) in [6.45, 7) is 0. The minimum absolute atomic E-state index is 0.579. The highest BCUT2D eigenvalue weighted by Gasteiger charge is 2.21. The Morgan fingerprint density at radius 1 is 0.339 bits per heavy atom. The summed E-state index contributed by atoms with van der Waals surface area (Å²) >= 11 is 1.85. The summed E-state index contributed by atoms with van der Waals surface area (Å²) < 4.78 is 9.20. The van der Waals surface area contributed by atoms with Crippen molar-refractivity contribution in [3.8, 4) is 67.5 Å². The number of aromatic nitrogens is 3. The fraction of sp³-hybridized carbons (Fsp3) is 0. The molecule has 0 radical (unpaired) electrons. The van der Waals surface area contributed by atoms with Gasteiger partial charge in [-0.2, -0.15) is 0 Å². The van der Waals surface area contributed by atoms with Crippen molar-refractivity contribution in [3.63, 3.8) is 0 Å². The van der Waals surface area contributed by atoms with Crippen molar-refractivity contribution in [1.29, 1.82) is 0 Å². The lowest BCUT2D eigenvalue weighted by Gasteiger charge is -2.13. The minimum atomic E-state index is 0.579. The topological polar surface area (TPSA) is 51.8 Å². The first-order valence-electron chi connectivity index (χ1n) is 18.7. The van der Waals surface area contributed by atoms with E-state index in [4.69, 9.17) is 19.4 Å². The van der Waals surface area contributed by atoms with E-state index in [9.17, 15) is 0 Å². The molecule has 0 amide bonds. The Balaban J connectivity index is 1.16. The Bertz CT molecular complexity index is 3230. The van der Waals surface area contributed by atoms with Crippen LogP contribution in [0, 0.1) is 0 Å². The average molecular weight is 734 g/mol. The number of thiophene rings is 1. The van der Waals surface area contributed by atoms with Crippen LogP contribution in [0.2, 0.25) is 0 Å². The minimum Gasteiger partial charge on any atom is -0.456 e. The van der Waals surface area contributed by atoms with Crippen molar-refractivity contribution in [2.24, 2.45) is 0 Å². The Labute approximate surface area is 327 Å².